The highest BCUT2D eigenvalue weighted by atomic mass is 16.5. The van der Waals surface area contributed by atoms with E-state index in [1.54, 1.807) is 27.8 Å². The van der Waals surface area contributed by atoms with Crippen molar-refractivity contribution in [2.24, 2.45) is 0 Å². The molecule has 0 aliphatic heterocycles. The van der Waals surface area contributed by atoms with Crippen LogP contribution in [0.2, 0.25) is 0 Å². The van der Waals surface area contributed by atoms with Crippen LogP contribution in [-0.2, 0) is 9.53 Å². The van der Waals surface area contributed by atoms with Crippen molar-refractivity contribution in [3.8, 4) is 6.07 Å². The van der Waals surface area contributed by atoms with E-state index in [1.807, 2.05) is 6.07 Å². The van der Waals surface area contributed by atoms with E-state index in [1.165, 1.54) is 12.0 Å². The molecule has 0 saturated heterocycles. The number of hydrogen-bond acceptors (Lipinski definition) is 3. The Labute approximate surface area is 79.1 Å². The van der Waals surface area contributed by atoms with E-state index in [4.69, 9.17) is 10.00 Å². The van der Waals surface area contributed by atoms with Gasteiger partial charge in [-0.1, -0.05) is 0 Å². The molecule has 0 aliphatic carbocycles. The Balaban J connectivity index is 4.54. The van der Waals surface area contributed by atoms with E-state index in [9.17, 15) is 4.79 Å². The fourth-order valence-corrected chi connectivity index (χ4v) is 0.774. The first-order valence-electron chi connectivity index (χ1n) is 4.09. The molecule has 0 saturated carbocycles. The summed E-state index contributed by atoms with van der Waals surface area (Å²) in [5.41, 5.74) is -0.861. The van der Waals surface area contributed by atoms with Crippen LogP contribution in [0.5, 0.6) is 0 Å². The maximum atomic E-state index is 11.6. The largest absolute Gasteiger partial charge is 0.369 e. The first-order valence-corrected chi connectivity index (χ1v) is 4.09. The van der Waals surface area contributed by atoms with Gasteiger partial charge in [0, 0.05) is 14.2 Å². The lowest BCUT2D eigenvalue weighted by atomic mass is 10.1. The van der Waals surface area contributed by atoms with Gasteiger partial charge in [0.15, 0.2) is 0 Å². The molecule has 4 nitrogen and oxygen atoms in total. The molecular weight excluding hydrogens is 168 g/mol. The monoisotopic (exact) mass is 184 g/mol. The number of hydrogen-bond donors (Lipinski definition) is 0. The van der Waals surface area contributed by atoms with Crippen molar-refractivity contribution in [3.63, 3.8) is 0 Å². The minimum Gasteiger partial charge on any atom is -0.369 e. The number of carbonyl (C=O) groups is 1. The molecule has 1 atom stereocenters. The fraction of sp³-hybridized carbons (Fsp3) is 0.778. The molecule has 0 rings (SSSR count). The van der Waals surface area contributed by atoms with Gasteiger partial charge in [0.2, 0.25) is 0 Å². The van der Waals surface area contributed by atoms with Gasteiger partial charge >= 0.3 is 0 Å². The number of rotatable bonds is 3. The zero-order valence-electron chi connectivity index (χ0n) is 8.79. The Hall–Kier alpha value is -1.08. The highest BCUT2D eigenvalue weighted by Crippen LogP contribution is 2.12. The summed E-state index contributed by atoms with van der Waals surface area (Å²) in [6.07, 6.45) is 0. The Bertz CT molecular complexity index is 230. The second-order valence-electron chi connectivity index (χ2n) is 3.44. The van der Waals surface area contributed by atoms with Crippen LogP contribution in [0.15, 0.2) is 0 Å². The molecule has 1 amide bonds. The molecule has 0 bridgehead atoms. The van der Waals surface area contributed by atoms with Crippen molar-refractivity contribution in [2.75, 3.05) is 14.2 Å². The molecule has 0 aliphatic rings. The molecule has 0 aromatic carbocycles. The Kier molecular flexibility index (Phi) is 3.89. The number of ether oxygens (including phenoxy) is 1. The van der Waals surface area contributed by atoms with Gasteiger partial charge in [-0.25, -0.2) is 0 Å². The predicted octanol–water partition coefficient (Wildman–Crippen LogP) is 0.782. The minimum absolute atomic E-state index is 0.191. The quantitative estimate of drug-likeness (QED) is 0.651. The third-order valence-corrected chi connectivity index (χ3v) is 2.11. The van der Waals surface area contributed by atoms with Crippen LogP contribution in [0.3, 0.4) is 0 Å². The summed E-state index contributed by atoms with van der Waals surface area (Å²) in [5.74, 6) is -0.191. The summed E-state index contributed by atoms with van der Waals surface area (Å²) >= 11 is 0. The normalized spacial score (nSPS) is 13.2. The number of methoxy groups -OCH3 is 1. The predicted molar refractivity (Wildman–Crippen MR) is 48.9 cm³/mol. The van der Waals surface area contributed by atoms with Crippen molar-refractivity contribution in [3.05, 3.63) is 0 Å². The lowest BCUT2D eigenvalue weighted by molar-refractivity contribution is -0.150. The van der Waals surface area contributed by atoms with Crippen molar-refractivity contribution in [2.45, 2.75) is 32.4 Å². The highest BCUT2D eigenvalue weighted by molar-refractivity contribution is 5.84. The zero-order chi connectivity index (χ0) is 10.6. The average Bonchev–Trinajstić information content (AvgIpc) is 2.14. The van der Waals surface area contributed by atoms with Crippen LogP contribution in [0, 0.1) is 11.3 Å². The molecule has 0 radical (unpaired) electrons. The van der Waals surface area contributed by atoms with Crippen LogP contribution >= 0.6 is 0 Å². The number of nitriles is 1. The summed E-state index contributed by atoms with van der Waals surface area (Å²) in [7, 11) is 3.07. The molecule has 13 heavy (non-hydrogen) atoms. The van der Waals surface area contributed by atoms with E-state index < -0.39 is 11.6 Å². The molecule has 0 heterocycles. The van der Waals surface area contributed by atoms with Crippen LogP contribution in [-0.4, -0.2) is 36.6 Å². The molecule has 0 N–H and O–H groups in total. The van der Waals surface area contributed by atoms with E-state index in [-0.39, 0.29) is 5.91 Å². The average molecular weight is 184 g/mol. The van der Waals surface area contributed by atoms with Crippen molar-refractivity contribution < 1.29 is 9.53 Å². The highest BCUT2D eigenvalue weighted by Gasteiger charge is 2.31. The van der Waals surface area contributed by atoms with E-state index in [2.05, 4.69) is 0 Å². The summed E-state index contributed by atoms with van der Waals surface area (Å²) in [6.45, 7) is 5.02. The minimum atomic E-state index is -0.861. The lowest BCUT2D eigenvalue weighted by Crippen LogP contribution is -2.47. The zero-order valence-corrected chi connectivity index (χ0v) is 8.79. The van der Waals surface area contributed by atoms with Crippen molar-refractivity contribution in [1.82, 2.24) is 4.90 Å². The van der Waals surface area contributed by atoms with Crippen LogP contribution in [0.25, 0.3) is 0 Å². The SMILES string of the molecule is COC(C)(C)C(=O)N(C)C(C)C#N. The summed E-state index contributed by atoms with van der Waals surface area (Å²) in [4.78, 5) is 13.0. The van der Waals surface area contributed by atoms with Gasteiger partial charge in [0.25, 0.3) is 5.91 Å². The van der Waals surface area contributed by atoms with Gasteiger partial charge in [-0.05, 0) is 20.8 Å². The van der Waals surface area contributed by atoms with E-state index >= 15 is 0 Å². The smallest absolute Gasteiger partial charge is 0.255 e. The van der Waals surface area contributed by atoms with Gasteiger partial charge in [-0.15, -0.1) is 0 Å². The molecule has 74 valence electrons. The molecule has 0 aromatic rings. The molecule has 0 spiro atoms. The maximum absolute atomic E-state index is 11.6. The Morgan fingerprint density at radius 2 is 2.08 bits per heavy atom. The van der Waals surface area contributed by atoms with Crippen LogP contribution in [0.1, 0.15) is 20.8 Å². The number of likely N-dealkylation sites (N-methyl/N-ethyl adjacent to an activating group) is 1. The summed E-state index contributed by atoms with van der Waals surface area (Å²) < 4.78 is 5.01. The third-order valence-electron chi connectivity index (χ3n) is 2.11. The first-order chi connectivity index (χ1) is 5.86. The second-order valence-corrected chi connectivity index (χ2v) is 3.44. The standard InChI is InChI=1S/C9H16N2O2/c1-7(6-10)11(4)8(12)9(2,3)13-5/h7H,1-5H3. The van der Waals surface area contributed by atoms with Crippen molar-refractivity contribution >= 4 is 5.91 Å². The molecule has 0 fully saturated rings. The van der Waals surface area contributed by atoms with Gasteiger partial charge in [-0.2, -0.15) is 5.26 Å². The topological polar surface area (TPSA) is 53.3 Å². The maximum Gasteiger partial charge on any atom is 0.255 e. The summed E-state index contributed by atoms with van der Waals surface area (Å²) in [5, 5.41) is 8.61. The van der Waals surface area contributed by atoms with Crippen LogP contribution < -0.4 is 0 Å². The Morgan fingerprint density at radius 1 is 1.62 bits per heavy atom. The molecule has 1 unspecified atom stereocenters. The second kappa shape index (κ2) is 4.24. The Morgan fingerprint density at radius 3 is 2.38 bits per heavy atom. The first kappa shape index (κ1) is 11.9. The van der Waals surface area contributed by atoms with Crippen LogP contribution in [0.4, 0.5) is 0 Å². The summed E-state index contributed by atoms with van der Waals surface area (Å²) in [6, 6.07) is 1.56. The number of nitrogens with zero attached hydrogens (tertiary/aromatic N) is 2. The van der Waals surface area contributed by atoms with Gasteiger partial charge in [-0.3, -0.25) is 4.79 Å². The molecular formula is C9H16N2O2. The van der Waals surface area contributed by atoms with Gasteiger partial charge < -0.3 is 9.64 Å². The van der Waals surface area contributed by atoms with Crippen molar-refractivity contribution in [1.29, 1.82) is 5.26 Å². The third kappa shape index (κ3) is 2.71. The van der Waals surface area contributed by atoms with Gasteiger partial charge in [0.05, 0.1) is 6.07 Å². The van der Waals surface area contributed by atoms with Gasteiger partial charge in [0.1, 0.15) is 11.6 Å². The number of carbonyl (C=O) groups excluding carboxylic acids is 1. The molecule has 4 heteroatoms. The molecule has 0 aromatic heterocycles. The number of amides is 1. The van der Waals surface area contributed by atoms with E-state index in [0.717, 1.165) is 0 Å². The fourth-order valence-electron chi connectivity index (χ4n) is 0.774. The lowest BCUT2D eigenvalue weighted by Gasteiger charge is -2.29. The van der Waals surface area contributed by atoms with E-state index in [0.29, 0.717) is 0 Å².